The van der Waals surface area contributed by atoms with E-state index in [1.165, 1.54) is 11.3 Å². The van der Waals surface area contributed by atoms with Gasteiger partial charge in [-0.2, -0.15) is 5.10 Å². The second-order valence-corrected chi connectivity index (χ2v) is 5.41. The van der Waals surface area contributed by atoms with Crippen molar-refractivity contribution in [3.05, 3.63) is 45.6 Å². The summed E-state index contributed by atoms with van der Waals surface area (Å²) >= 11 is 1.51. The van der Waals surface area contributed by atoms with E-state index >= 15 is 0 Å². The number of rotatable bonds is 5. The molecule has 0 radical (unpaired) electrons. The number of amides is 1. The molecule has 2 heterocycles. The van der Waals surface area contributed by atoms with Gasteiger partial charge in [0, 0.05) is 18.5 Å². The summed E-state index contributed by atoms with van der Waals surface area (Å²) in [6, 6.07) is 5.45. The number of H-pyrrole nitrogens is 2. The number of carbonyl (C=O) groups excluding carboxylic acids is 1. The van der Waals surface area contributed by atoms with E-state index in [1.807, 2.05) is 12.1 Å². The summed E-state index contributed by atoms with van der Waals surface area (Å²) in [6.07, 6.45) is 1.31. The Bertz CT molecular complexity index is 819. The van der Waals surface area contributed by atoms with Gasteiger partial charge in [0.25, 0.3) is 5.91 Å². The molecule has 0 saturated heterocycles. The molecule has 0 spiro atoms. The number of benzene rings is 1. The first kappa shape index (κ1) is 13.5. The molecule has 0 bridgehead atoms. The Kier molecular flexibility index (Phi) is 3.78. The molecule has 2 aromatic heterocycles. The zero-order valence-electron chi connectivity index (χ0n) is 11.0. The zero-order chi connectivity index (χ0) is 14.7. The Morgan fingerprint density at radius 3 is 3.10 bits per heavy atom. The van der Waals surface area contributed by atoms with Gasteiger partial charge in [-0.15, -0.1) is 11.3 Å². The lowest BCUT2D eigenvalue weighted by Crippen LogP contribution is -2.24. The SMILES string of the molecule is O=C(NCCCc1n[nH]c(=O)[nH]1)c1ccc2ncsc2c1. The molecule has 3 N–H and O–H groups in total. The number of hydrogen-bond acceptors (Lipinski definition) is 5. The van der Waals surface area contributed by atoms with Crippen LogP contribution >= 0.6 is 11.3 Å². The Morgan fingerprint density at radius 1 is 1.38 bits per heavy atom. The van der Waals surface area contributed by atoms with Crippen molar-refractivity contribution in [1.29, 1.82) is 0 Å². The normalized spacial score (nSPS) is 10.9. The molecule has 0 saturated carbocycles. The van der Waals surface area contributed by atoms with Gasteiger partial charge in [-0.3, -0.25) is 9.78 Å². The van der Waals surface area contributed by atoms with Crippen LogP contribution in [0.25, 0.3) is 10.2 Å². The van der Waals surface area contributed by atoms with Gasteiger partial charge in [-0.05, 0) is 24.6 Å². The Morgan fingerprint density at radius 2 is 2.29 bits per heavy atom. The van der Waals surface area contributed by atoms with Crippen molar-refractivity contribution in [2.24, 2.45) is 0 Å². The molecule has 1 amide bonds. The number of aryl methyl sites for hydroxylation is 1. The van der Waals surface area contributed by atoms with Crippen molar-refractivity contribution < 1.29 is 4.79 Å². The van der Waals surface area contributed by atoms with Crippen LogP contribution in [0, 0.1) is 0 Å². The van der Waals surface area contributed by atoms with E-state index in [0.29, 0.717) is 30.8 Å². The molecule has 0 fully saturated rings. The lowest BCUT2D eigenvalue weighted by atomic mass is 10.2. The Balaban J connectivity index is 1.52. The number of hydrogen-bond donors (Lipinski definition) is 3. The molecule has 3 rings (SSSR count). The zero-order valence-corrected chi connectivity index (χ0v) is 11.9. The largest absolute Gasteiger partial charge is 0.352 e. The molecule has 1 aromatic carbocycles. The van der Waals surface area contributed by atoms with E-state index < -0.39 is 0 Å². The van der Waals surface area contributed by atoms with Crippen molar-refractivity contribution in [2.45, 2.75) is 12.8 Å². The van der Waals surface area contributed by atoms with Gasteiger partial charge in [0.05, 0.1) is 15.7 Å². The number of carbonyl (C=O) groups is 1. The highest BCUT2D eigenvalue weighted by Gasteiger charge is 2.07. The first-order chi connectivity index (χ1) is 10.2. The molecule has 0 aliphatic heterocycles. The maximum Gasteiger partial charge on any atom is 0.340 e. The van der Waals surface area contributed by atoms with Crippen LogP contribution in [-0.2, 0) is 6.42 Å². The average molecular weight is 303 g/mol. The third-order valence-electron chi connectivity index (χ3n) is 3.02. The van der Waals surface area contributed by atoms with Crippen LogP contribution < -0.4 is 11.0 Å². The predicted octanol–water partition coefficient (Wildman–Crippen LogP) is 1.07. The summed E-state index contributed by atoms with van der Waals surface area (Å²) < 4.78 is 0.997. The van der Waals surface area contributed by atoms with Crippen LogP contribution in [0.2, 0.25) is 0 Å². The van der Waals surface area contributed by atoms with Gasteiger partial charge in [0.1, 0.15) is 5.82 Å². The topological polar surface area (TPSA) is 104 Å². The fourth-order valence-corrected chi connectivity index (χ4v) is 2.70. The van der Waals surface area contributed by atoms with Gasteiger partial charge >= 0.3 is 5.69 Å². The molecule has 21 heavy (non-hydrogen) atoms. The van der Waals surface area contributed by atoms with Crippen LogP contribution in [0.4, 0.5) is 0 Å². The molecule has 0 aliphatic rings. The molecule has 108 valence electrons. The Labute approximate surface area is 123 Å². The molecule has 3 aromatic rings. The molecular formula is C13H13N5O2S. The highest BCUT2D eigenvalue weighted by molar-refractivity contribution is 7.16. The van der Waals surface area contributed by atoms with E-state index in [-0.39, 0.29) is 11.6 Å². The quantitative estimate of drug-likeness (QED) is 0.613. The van der Waals surface area contributed by atoms with Crippen LogP contribution in [0.15, 0.2) is 28.5 Å². The van der Waals surface area contributed by atoms with Crippen molar-refractivity contribution >= 4 is 27.5 Å². The molecule has 0 atom stereocenters. The number of aromatic nitrogens is 4. The van der Waals surface area contributed by atoms with Crippen LogP contribution in [-0.4, -0.2) is 32.6 Å². The maximum atomic E-state index is 12.0. The fraction of sp³-hybridized carbons (Fsp3) is 0.231. The van der Waals surface area contributed by atoms with Crippen molar-refractivity contribution in [2.75, 3.05) is 6.54 Å². The van der Waals surface area contributed by atoms with Gasteiger partial charge < -0.3 is 5.32 Å². The first-order valence-corrected chi connectivity index (χ1v) is 7.35. The molecular weight excluding hydrogens is 290 g/mol. The summed E-state index contributed by atoms with van der Waals surface area (Å²) in [7, 11) is 0. The van der Waals surface area contributed by atoms with Gasteiger partial charge in [-0.1, -0.05) is 0 Å². The lowest BCUT2D eigenvalue weighted by molar-refractivity contribution is 0.0953. The third-order valence-corrected chi connectivity index (χ3v) is 3.81. The minimum absolute atomic E-state index is 0.110. The second-order valence-electron chi connectivity index (χ2n) is 4.52. The lowest BCUT2D eigenvalue weighted by Gasteiger charge is -2.04. The fourth-order valence-electron chi connectivity index (χ4n) is 1.98. The van der Waals surface area contributed by atoms with E-state index in [9.17, 15) is 9.59 Å². The van der Waals surface area contributed by atoms with Crippen molar-refractivity contribution in [3.8, 4) is 0 Å². The minimum atomic E-state index is -0.313. The monoisotopic (exact) mass is 303 g/mol. The molecule has 0 unspecified atom stereocenters. The summed E-state index contributed by atoms with van der Waals surface area (Å²) in [5.41, 5.74) is 2.97. The predicted molar refractivity (Wildman–Crippen MR) is 79.5 cm³/mol. The summed E-state index contributed by atoms with van der Waals surface area (Å²) in [5, 5.41) is 8.96. The summed E-state index contributed by atoms with van der Waals surface area (Å²) in [6.45, 7) is 0.522. The number of fused-ring (bicyclic) bond motifs is 1. The highest BCUT2D eigenvalue weighted by atomic mass is 32.1. The molecule has 8 heteroatoms. The van der Waals surface area contributed by atoms with Crippen molar-refractivity contribution in [3.63, 3.8) is 0 Å². The smallest absolute Gasteiger partial charge is 0.340 e. The standard InChI is InChI=1S/C13H13N5O2S/c19-12(8-3-4-9-10(6-8)21-7-15-9)14-5-1-2-11-16-13(20)18-17-11/h3-4,6-7H,1-2,5H2,(H,14,19)(H2,16,17,18,20). The first-order valence-electron chi connectivity index (χ1n) is 6.47. The van der Waals surface area contributed by atoms with Crippen LogP contribution in [0.3, 0.4) is 0 Å². The van der Waals surface area contributed by atoms with E-state index in [2.05, 4.69) is 25.5 Å². The third kappa shape index (κ3) is 3.16. The van der Waals surface area contributed by atoms with E-state index in [1.54, 1.807) is 11.6 Å². The van der Waals surface area contributed by atoms with E-state index in [4.69, 9.17) is 0 Å². The van der Waals surface area contributed by atoms with Gasteiger partial charge in [0.2, 0.25) is 0 Å². The van der Waals surface area contributed by atoms with Crippen LogP contribution in [0.5, 0.6) is 0 Å². The summed E-state index contributed by atoms with van der Waals surface area (Å²) in [4.78, 5) is 29.6. The number of nitrogens with zero attached hydrogens (tertiary/aromatic N) is 2. The highest BCUT2D eigenvalue weighted by Crippen LogP contribution is 2.18. The summed E-state index contributed by atoms with van der Waals surface area (Å²) in [5.74, 6) is 0.487. The Hall–Kier alpha value is -2.48. The van der Waals surface area contributed by atoms with Gasteiger partial charge in [0.15, 0.2) is 0 Å². The molecule has 7 nitrogen and oxygen atoms in total. The van der Waals surface area contributed by atoms with E-state index in [0.717, 1.165) is 10.2 Å². The number of aromatic amines is 2. The van der Waals surface area contributed by atoms with Crippen molar-refractivity contribution in [1.82, 2.24) is 25.5 Å². The van der Waals surface area contributed by atoms with Crippen LogP contribution in [0.1, 0.15) is 22.6 Å². The average Bonchev–Trinajstić information content (AvgIpc) is 3.11. The maximum absolute atomic E-state index is 12.0. The van der Waals surface area contributed by atoms with Gasteiger partial charge in [-0.25, -0.2) is 14.9 Å². The number of thiazole rings is 1. The molecule has 0 aliphatic carbocycles. The second kappa shape index (κ2) is 5.88. The minimum Gasteiger partial charge on any atom is -0.352 e. The number of nitrogens with one attached hydrogen (secondary N) is 3.